The second-order valence-corrected chi connectivity index (χ2v) is 8.53. The number of furan rings is 1. The number of hydrogen-bond donors (Lipinski definition) is 0. The van der Waals surface area contributed by atoms with E-state index in [-0.39, 0.29) is 12.0 Å². The van der Waals surface area contributed by atoms with Gasteiger partial charge in [-0.05, 0) is 37.5 Å². The van der Waals surface area contributed by atoms with E-state index in [9.17, 15) is 4.79 Å². The Kier molecular flexibility index (Phi) is 7.20. The van der Waals surface area contributed by atoms with Crippen molar-refractivity contribution in [1.82, 2.24) is 14.7 Å². The zero-order valence-electron chi connectivity index (χ0n) is 18.0. The van der Waals surface area contributed by atoms with Crippen LogP contribution in [0.5, 0.6) is 0 Å². The zero-order chi connectivity index (χ0) is 20.8. The second-order valence-electron chi connectivity index (χ2n) is 8.53. The Morgan fingerprint density at radius 2 is 2.03 bits per heavy atom. The number of nitrogens with zero attached hydrogens (tertiary/aromatic N) is 3. The lowest BCUT2D eigenvalue weighted by atomic mass is 10.1. The second kappa shape index (κ2) is 10.2. The SMILES string of the molecule is Cc1cccc(CN2CCN(C(=O)CN(Cc3ccco3)CC3CCCO3)CC2)c1. The van der Waals surface area contributed by atoms with Crippen LogP contribution in [0.4, 0.5) is 0 Å². The molecule has 0 aliphatic carbocycles. The number of ether oxygens (including phenoxy) is 1. The number of carbonyl (C=O) groups is 1. The average Bonchev–Trinajstić information content (AvgIpc) is 3.43. The summed E-state index contributed by atoms with van der Waals surface area (Å²) < 4.78 is 11.3. The van der Waals surface area contributed by atoms with Gasteiger partial charge < -0.3 is 14.1 Å². The molecular formula is C24H33N3O3. The van der Waals surface area contributed by atoms with Crippen molar-refractivity contribution in [2.45, 2.75) is 39.0 Å². The summed E-state index contributed by atoms with van der Waals surface area (Å²) in [6.45, 7) is 9.17. The molecule has 1 amide bonds. The van der Waals surface area contributed by atoms with Gasteiger partial charge in [-0.1, -0.05) is 29.8 Å². The lowest BCUT2D eigenvalue weighted by molar-refractivity contribution is -0.134. The third-order valence-corrected chi connectivity index (χ3v) is 6.02. The van der Waals surface area contributed by atoms with Gasteiger partial charge in [-0.15, -0.1) is 0 Å². The largest absolute Gasteiger partial charge is 0.468 e. The molecule has 0 N–H and O–H groups in total. The van der Waals surface area contributed by atoms with E-state index >= 15 is 0 Å². The van der Waals surface area contributed by atoms with Gasteiger partial charge in [0, 0.05) is 45.9 Å². The van der Waals surface area contributed by atoms with Gasteiger partial charge in [-0.2, -0.15) is 0 Å². The molecule has 0 spiro atoms. The molecule has 6 heteroatoms. The van der Waals surface area contributed by atoms with E-state index in [1.54, 1.807) is 6.26 Å². The highest BCUT2D eigenvalue weighted by molar-refractivity contribution is 5.78. The first-order chi connectivity index (χ1) is 14.7. The van der Waals surface area contributed by atoms with Gasteiger partial charge in [0.1, 0.15) is 5.76 Å². The first-order valence-corrected chi connectivity index (χ1v) is 11.1. The number of amides is 1. The van der Waals surface area contributed by atoms with Gasteiger partial charge in [0.25, 0.3) is 0 Å². The number of carbonyl (C=O) groups excluding carboxylic acids is 1. The smallest absolute Gasteiger partial charge is 0.236 e. The number of benzene rings is 1. The van der Waals surface area contributed by atoms with Crippen molar-refractivity contribution in [2.24, 2.45) is 0 Å². The van der Waals surface area contributed by atoms with Gasteiger partial charge >= 0.3 is 0 Å². The van der Waals surface area contributed by atoms with Crippen molar-refractivity contribution in [1.29, 1.82) is 0 Å². The molecule has 6 nitrogen and oxygen atoms in total. The molecule has 0 radical (unpaired) electrons. The predicted octanol–water partition coefficient (Wildman–Crippen LogP) is 2.91. The van der Waals surface area contributed by atoms with Crippen LogP contribution in [0.15, 0.2) is 47.1 Å². The number of rotatable bonds is 8. The summed E-state index contributed by atoms with van der Waals surface area (Å²) in [5.74, 6) is 1.10. The van der Waals surface area contributed by atoms with Crippen molar-refractivity contribution >= 4 is 5.91 Å². The number of aryl methyl sites for hydroxylation is 1. The number of piperazine rings is 1. The Hall–Kier alpha value is -2.15. The first-order valence-electron chi connectivity index (χ1n) is 11.1. The van der Waals surface area contributed by atoms with Crippen molar-refractivity contribution in [3.8, 4) is 0 Å². The van der Waals surface area contributed by atoms with Crippen LogP contribution in [0.2, 0.25) is 0 Å². The van der Waals surface area contributed by atoms with Crippen LogP contribution < -0.4 is 0 Å². The zero-order valence-corrected chi connectivity index (χ0v) is 18.0. The van der Waals surface area contributed by atoms with Crippen LogP contribution in [0.1, 0.15) is 29.7 Å². The van der Waals surface area contributed by atoms with E-state index in [2.05, 4.69) is 41.0 Å². The molecular weight excluding hydrogens is 378 g/mol. The van der Waals surface area contributed by atoms with Crippen LogP contribution in [-0.2, 0) is 22.6 Å². The number of hydrogen-bond acceptors (Lipinski definition) is 5. The van der Waals surface area contributed by atoms with Crippen LogP contribution in [0, 0.1) is 6.92 Å². The molecule has 4 rings (SSSR count). The van der Waals surface area contributed by atoms with Gasteiger partial charge in [-0.3, -0.25) is 14.6 Å². The Bertz CT molecular complexity index is 794. The maximum Gasteiger partial charge on any atom is 0.236 e. The van der Waals surface area contributed by atoms with Crippen LogP contribution in [0.3, 0.4) is 0 Å². The molecule has 1 atom stereocenters. The summed E-state index contributed by atoms with van der Waals surface area (Å²) in [5.41, 5.74) is 2.64. The van der Waals surface area contributed by atoms with Gasteiger partial charge in [0.2, 0.25) is 5.91 Å². The van der Waals surface area contributed by atoms with Crippen molar-refractivity contribution in [3.63, 3.8) is 0 Å². The molecule has 0 saturated carbocycles. The molecule has 0 bridgehead atoms. The van der Waals surface area contributed by atoms with Crippen LogP contribution in [0.25, 0.3) is 0 Å². The van der Waals surface area contributed by atoms with Gasteiger partial charge in [0.05, 0.1) is 25.5 Å². The molecule has 2 fully saturated rings. The van der Waals surface area contributed by atoms with Crippen LogP contribution in [-0.4, -0.2) is 72.6 Å². The Morgan fingerprint density at radius 1 is 1.17 bits per heavy atom. The molecule has 162 valence electrons. The first kappa shape index (κ1) is 21.1. The summed E-state index contributed by atoms with van der Waals surface area (Å²) in [6.07, 6.45) is 4.09. The van der Waals surface area contributed by atoms with E-state index in [0.29, 0.717) is 13.1 Å². The molecule has 1 aromatic carbocycles. The third kappa shape index (κ3) is 5.94. The van der Waals surface area contributed by atoms with Crippen LogP contribution >= 0.6 is 0 Å². The summed E-state index contributed by atoms with van der Waals surface area (Å²) in [7, 11) is 0. The van der Waals surface area contributed by atoms with Gasteiger partial charge in [0.15, 0.2) is 0 Å². The van der Waals surface area contributed by atoms with Crippen molar-refractivity contribution < 1.29 is 13.9 Å². The Labute approximate surface area is 179 Å². The molecule has 2 saturated heterocycles. The van der Waals surface area contributed by atoms with E-state index in [1.165, 1.54) is 11.1 Å². The highest BCUT2D eigenvalue weighted by Gasteiger charge is 2.26. The molecule has 2 aliphatic heterocycles. The van der Waals surface area contributed by atoms with Crippen molar-refractivity contribution in [3.05, 3.63) is 59.5 Å². The summed E-state index contributed by atoms with van der Waals surface area (Å²) in [4.78, 5) is 19.6. The highest BCUT2D eigenvalue weighted by atomic mass is 16.5. The fourth-order valence-electron chi connectivity index (χ4n) is 4.40. The summed E-state index contributed by atoms with van der Waals surface area (Å²) >= 11 is 0. The predicted molar refractivity (Wildman–Crippen MR) is 116 cm³/mol. The normalized spacial score (nSPS) is 20.2. The summed E-state index contributed by atoms with van der Waals surface area (Å²) in [6, 6.07) is 12.5. The minimum atomic E-state index is 0.203. The molecule has 1 unspecified atom stereocenters. The maximum atomic E-state index is 13.0. The van der Waals surface area contributed by atoms with E-state index in [0.717, 1.165) is 64.5 Å². The van der Waals surface area contributed by atoms with E-state index in [1.807, 2.05) is 17.0 Å². The standard InChI is InChI=1S/C24H33N3O3/c1-20-5-2-6-21(15-20)16-25-9-11-27(12-10-25)24(28)19-26(17-22-7-3-13-29-22)18-23-8-4-14-30-23/h2-3,5-7,13,15,23H,4,8-12,14,16-19H2,1H3. The fourth-order valence-corrected chi connectivity index (χ4v) is 4.40. The Balaban J connectivity index is 1.28. The summed E-state index contributed by atoms with van der Waals surface area (Å²) in [5, 5.41) is 0. The van der Waals surface area contributed by atoms with E-state index in [4.69, 9.17) is 9.15 Å². The minimum absolute atomic E-state index is 0.203. The average molecular weight is 412 g/mol. The topological polar surface area (TPSA) is 49.2 Å². The lowest BCUT2D eigenvalue weighted by Gasteiger charge is -2.36. The minimum Gasteiger partial charge on any atom is -0.468 e. The Morgan fingerprint density at radius 3 is 2.73 bits per heavy atom. The quantitative estimate of drug-likeness (QED) is 0.669. The molecule has 2 aliphatic rings. The highest BCUT2D eigenvalue weighted by Crippen LogP contribution is 2.16. The fraction of sp³-hybridized carbons (Fsp3) is 0.542. The third-order valence-electron chi connectivity index (χ3n) is 6.02. The molecule has 1 aromatic heterocycles. The van der Waals surface area contributed by atoms with Crippen molar-refractivity contribution in [2.75, 3.05) is 45.9 Å². The molecule has 3 heterocycles. The molecule has 2 aromatic rings. The van der Waals surface area contributed by atoms with Gasteiger partial charge in [-0.25, -0.2) is 0 Å². The maximum absolute atomic E-state index is 13.0. The molecule has 30 heavy (non-hydrogen) atoms. The lowest BCUT2D eigenvalue weighted by Crippen LogP contribution is -2.51. The monoisotopic (exact) mass is 411 g/mol. The van der Waals surface area contributed by atoms with E-state index < -0.39 is 0 Å².